The van der Waals surface area contributed by atoms with Crippen molar-refractivity contribution in [2.24, 2.45) is 17.8 Å². The summed E-state index contributed by atoms with van der Waals surface area (Å²) in [5, 5.41) is 3.71. The Hall–Kier alpha value is 0.240. The van der Waals surface area contributed by atoms with Gasteiger partial charge >= 0.3 is 0 Å². The minimum atomic E-state index is 0.358. The molecule has 0 amide bonds. The Bertz CT molecular complexity index is 422. The van der Waals surface area contributed by atoms with Gasteiger partial charge in [0.1, 0.15) is 0 Å². The lowest BCUT2D eigenvalue weighted by molar-refractivity contribution is 0.177. The Morgan fingerprint density at radius 3 is 2.40 bits per heavy atom. The first-order valence-corrected chi connectivity index (χ1v) is 9.26. The van der Waals surface area contributed by atoms with E-state index in [4.69, 9.17) is 23.2 Å². The summed E-state index contributed by atoms with van der Waals surface area (Å²) in [7, 11) is 0. The SMILES string of the molecule is CCCNC(c1cc(Cl)sc1Cl)C1CC(C)CC(C)C1. The van der Waals surface area contributed by atoms with E-state index in [0.29, 0.717) is 12.0 Å². The van der Waals surface area contributed by atoms with E-state index < -0.39 is 0 Å². The number of hydrogen-bond donors (Lipinski definition) is 1. The van der Waals surface area contributed by atoms with Crippen LogP contribution in [0.1, 0.15) is 58.1 Å². The van der Waals surface area contributed by atoms with E-state index >= 15 is 0 Å². The monoisotopic (exact) mass is 333 g/mol. The van der Waals surface area contributed by atoms with Crippen molar-refractivity contribution in [3.63, 3.8) is 0 Å². The van der Waals surface area contributed by atoms with Gasteiger partial charge in [-0.25, -0.2) is 0 Å². The molecule has 1 N–H and O–H groups in total. The largest absolute Gasteiger partial charge is 0.310 e. The Morgan fingerprint density at radius 2 is 1.90 bits per heavy atom. The third-order valence-corrected chi connectivity index (χ3v) is 5.84. The molecule has 4 heteroatoms. The summed E-state index contributed by atoms with van der Waals surface area (Å²) < 4.78 is 1.65. The van der Waals surface area contributed by atoms with Crippen LogP contribution in [0.5, 0.6) is 0 Å². The zero-order valence-electron chi connectivity index (χ0n) is 12.6. The second kappa shape index (κ2) is 7.49. The molecule has 0 radical (unpaired) electrons. The van der Waals surface area contributed by atoms with Crippen LogP contribution in [0.4, 0.5) is 0 Å². The molecule has 2 rings (SSSR count). The van der Waals surface area contributed by atoms with Gasteiger partial charge in [-0.2, -0.15) is 0 Å². The van der Waals surface area contributed by atoms with Crippen molar-refractivity contribution in [3.8, 4) is 0 Å². The molecule has 20 heavy (non-hydrogen) atoms. The molecule has 1 nitrogen and oxygen atoms in total. The standard InChI is InChI=1S/C16H25Cl2NS/c1-4-5-19-15(13-9-14(17)20-16(13)18)12-7-10(2)6-11(3)8-12/h9-12,15,19H,4-8H2,1-3H3. The lowest BCUT2D eigenvalue weighted by Gasteiger charge is -2.37. The molecule has 1 aliphatic rings. The van der Waals surface area contributed by atoms with E-state index in [1.54, 1.807) is 0 Å². The summed E-state index contributed by atoms with van der Waals surface area (Å²) in [6.07, 6.45) is 5.07. The highest BCUT2D eigenvalue weighted by atomic mass is 35.5. The minimum Gasteiger partial charge on any atom is -0.310 e. The summed E-state index contributed by atoms with van der Waals surface area (Å²) in [4.78, 5) is 0. The van der Waals surface area contributed by atoms with E-state index in [9.17, 15) is 0 Å². The Morgan fingerprint density at radius 1 is 1.25 bits per heavy atom. The molecule has 1 aromatic heterocycles. The summed E-state index contributed by atoms with van der Waals surface area (Å²) in [5.41, 5.74) is 1.21. The van der Waals surface area contributed by atoms with Crippen molar-refractivity contribution in [3.05, 3.63) is 20.3 Å². The molecule has 1 fully saturated rings. The molecule has 3 atom stereocenters. The molecule has 1 aromatic rings. The fourth-order valence-corrected chi connectivity index (χ4v) is 5.23. The lowest BCUT2D eigenvalue weighted by atomic mass is 9.72. The molecular formula is C16H25Cl2NS. The molecule has 3 unspecified atom stereocenters. The van der Waals surface area contributed by atoms with Crippen molar-refractivity contribution in [2.45, 2.75) is 52.5 Å². The molecule has 0 aromatic carbocycles. The number of nitrogens with one attached hydrogen (secondary N) is 1. The topological polar surface area (TPSA) is 12.0 Å². The lowest BCUT2D eigenvalue weighted by Crippen LogP contribution is -2.33. The molecule has 114 valence electrons. The van der Waals surface area contributed by atoms with E-state index in [0.717, 1.165) is 33.5 Å². The summed E-state index contributed by atoms with van der Waals surface area (Å²) >= 11 is 14.0. The zero-order chi connectivity index (χ0) is 14.7. The predicted molar refractivity (Wildman–Crippen MR) is 91.0 cm³/mol. The van der Waals surface area contributed by atoms with Gasteiger partial charge in [0.25, 0.3) is 0 Å². The van der Waals surface area contributed by atoms with Crippen LogP contribution in [0.2, 0.25) is 8.67 Å². The van der Waals surface area contributed by atoms with Crippen molar-refractivity contribution in [1.82, 2.24) is 5.32 Å². The predicted octanol–water partition coefficient (Wildman–Crippen LogP) is 6.17. The Balaban J connectivity index is 2.20. The highest BCUT2D eigenvalue weighted by Gasteiger charge is 2.32. The maximum Gasteiger partial charge on any atom is 0.0992 e. The normalized spacial score (nSPS) is 28.6. The van der Waals surface area contributed by atoms with Crippen LogP contribution < -0.4 is 5.32 Å². The quantitative estimate of drug-likeness (QED) is 0.679. The third kappa shape index (κ3) is 4.13. The second-order valence-electron chi connectivity index (χ2n) is 6.39. The minimum absolute atomic E-state index is 0.358. The Labute approximate surface area is 137 Å². The molecule has 0 saturated heterocycles. The van der Waals surface area contributed by atoms with Gasteiger partial charge in [-0.15, -0.1) is 11.3 Å². The van der Waals surface area contributed by atoms with Gasteiger partial charge < -0.3 is 5.32 Å². The smallest absolute Gasteiger partial charge is 0.0992 e. The van der Waals surface area contributed by atoms with E-state index in [-0.39, 0.29) is 0 Å². The number of rotatable bonds is 5. The van der Waals surface area contributed by atoms with Crippen LogP contribution in [0.15, 0.2) is 6.07 Å². The van der Waals surface area contributed by atoms with Crippen LogP contribution in [-0.2, 0) is 0 Å². The van der Waals surface area contributed by atoms with Crippen molar-refractivity contribution in [1.29, 1.82) is 0 Å². The highest BCUT2D eigenvalue weighted by Crippen LogP contribution is 2.44. The molecule has 1 aliphatic carbocycles. The maximum atomic E-state index is 6.40. The number of hydrogen-bond acceptors (Lipinski definition) is 2. The van der Waals surface area contributed by atoms with Gasteiger partial charge in [0.05, 0.1) is 8.67 Å². The summed E-state index contributed by atoms with van der Waals surface area (Å²) in [6, 6.07) is 2.42. The van der Waals surface area contributed by atoms with Crippen LogP contribution >= 0.6 is 34.5 Å². The van der Waals surface area contributed by atoms with Gasteiger partial charge in [-0.1, -0.05) is 44.0 Å². The van der Waals surface area contributed by atoms with Crippen LogP contribution in [0, 0.1) is 17.8 Å². The second-order valence-corrected chi connectivity index (χ2v) is 8.67. The molecule has 1 saturated carbocycles. The average molecular weight is 334 g/mol. The molecule has 0 aliphatic heterocycles. The first-order chi connectivity index (χ1) is 9.51. The van der Waals surface area contributed by atoms with Gasteiger partial charge in [0.15, 0.2) is 0 Å². The first-order valence-electron chi connectivity index (χ1n) is 7.69. The van der Waals surface area contributed by atoms with Crippen LogP contribution in [-0.4, -0.2) is 6.54 Å². The molecule has 0 spiro atoms. The fraction of sp³-hybridized carbons (Fsp3) is 0.750. The molecule has 1 heterocycles. The number of thiophene rings is 1. The summed E-state index contributed by atoms with van der Waals surface area (Å²) in [5.74, 6) is 2.29. The first kappa shape index (κ1) is 16.6. The maximum absolute atomic E-state index is 6.40. The van der Waals surface area contributed by atoms with E-state index in [1.165, 1.54) is 36.2 Å². The van der Waals surface area contributed by atoms with Gasteiger partial charge in [0, 0.05) is 11.6 Å². The van der Waals surface area contributed by atoms with Crippen LogP contribution in [0.3, 0.4) is 0 Å². The summed E-state index contributed by atoms with van der Waals surface area (Å²) in [6.45, 7) is 8.00. The molecular weight excluding hydrogens is 309 g/mol. The van der Waals surface area contributed by atoms with Crippen molar-refractivity contribution < 1.29 is 0 Å². The van der Waals surface area contributed by atoms with Crippen molar-refractivity contribution >= 4 is 34.5 Å². The third-order valence-electron chi connectivity index (χ3n) is 4.32. The van der Waals surface area contributed by atoms with Gasteiger partial charge in [-0.3, -0.25) is 0 Å². The van der Waals surface area contributed by atoms with Gasteiger partial charge in [-0.05, 0) is 56.0 Å². The Kier molecular flexibility index (Phi) is 6.22. The van der Waals surface area contributed by atoms with E-state index in [2.05, 4.69) is 32.2 Å². The molecule has 0 bridgehead atoms. The number of halogens is 2. The van der Waals surface area contributed by atoms with Crippen molar-refractivity contribution in [2.75, 3.05) is 6.54 Å². The van der Waals surface area contributed by atoms with E-state index in [1.807, 2.05) is 0 Å². The van der Waals surface area contributed by atoms with Crippen LogP contribution in [0.25, 0.3) is 0 Å². The highest BCUT2D eigenvalue weighted by molar-refractivity contribution is 7.20. The zero-order valence-corrected chi connectivity index (χ0v) is 14.9. The fourth-order valence-electron chi connectivity index (χ4n) is 3.68. The van der Waals surface area contributed by atoms with Gasteiger partial charge in [0.2, 0.25) is 0 Å². The average Bonchev–Trinajstić information content (AvgIpc) is 2.68.